The zero-order valence-corrected chi connectivity index (χ0v) is 12.2. The first-order chi connectivity index (χ1) is 10.6. The Kier molecular flexibility index (Phi) is 4.04. The number of halogens is 1. The van der Waals surface area contributed by atoms with Gasteiger partial charge in [0.05, 0.1) is 11.6 Å². The number of nitrogens with zero attached hydrogens (tertiary/aromatic N) is 2. The van der Waals surface area contributed by atoms with E-state index in [0.717, 1.165) is 24.8 Å². The molecule has 1 aromatic heterocycles. The van der Waals surface area contributed by atoms with Gasteiger partial charge in [-0.05, 0) is 49.1 Å². The molecule has 1 aromatic carbocycles. The molecule has 2 aromatic rings. The minimum atomic E-state index is -0.264. The minimum absolute atomic E-state index is 0.0144. The predicted molar refractivity (Wildman–Crippen MR) is 82.7 cm³/mol. The van der Waals surface area contributed by atoms with Crippen LogP contribution in [0.4, 0.5) is 10.2 Å². The number of likely N-dealkylation sites (tertiary alicyclic amines) is 1. The molecule has 22 heavy (non-hydrogen) atoms. The summed E-state index contributed by atoms with van der Waals surface area (Å²) in [6.45, 7) is 0.700. The Hall–Kier alpha value is -2.43. The normalized spacial score (nSPS) is 18.2. The molecule has 1 saturated heterocycles. The molecular weight excluding hydrogens is 281 g/mol. The molecule has 5 heteroatoms. The summed E-state index contributed by atoms with van der Waals surface area (Å²) < 4.78 is 13.1. The van der Waals surface area contributed by atoms with E-state index in [-0.39, 0.29) is 17.8 Å². The van der Waals surface area contributed by atoms with E-state index in [1.165, 1.54) is 18.3 Å². The van der Waals surface area contributed by atoms with Crippen molar-refractivity contribution in [3.8, 4) is 0 Å². The Bertz CT molecular complexity index is 655. The molecular formula is C17H18FN3O. The van der Waals surface area contributed by atoms with Crippen molar-refractivity contribution in [1.29, 1.82) is 0 Å². The third-order valence-corrected chi connectivity index (χ3v) is 4.05. The third-order valence-electron chi connectivity index (χ3n) is 4.05. The molecule has 1 fully saturated rings. The van der Waals surface area contributed by atoms with Gasteiger partial charge in [-0.25, -0.2) is 9.37 Å². The smallest absolute Gasteiger partial charge is 0.255 e. The highest BCUT2D eigenvalue weighted by molar-refractivity contribution is 5.94. The van der Waals surface area contributed by atoms with Gasteiger partial charge in [-0.2, -0.15) is 0 Å². The van der Waals surface area contributed by atoms with Crippen molar-refractivity contribution in [3.63, 3.8) is 0 Å². The van der Waals surface area contributed by atoms with Crippen molar-refractivity contribution >= 4 is 11.7 Å². The average Bonchev–Trinajstić information content (AvgIpc) is 2.56. The van der Waals surface area contributed by atoms with Gasteiger partial charge in [0.2, 0.25) is 0 Å². The van der Waals surface area contributed by atoms with Crippen molar-refractivity contribution in [3.05, 3.63) is 59.5 Å². The molecule has 0 bridgehead atoms. The average molecular weight is 299 g/mol. The number of nitrogen functional groups attached to an aromatic ring is 1. The van der Waals surface area contributed by atoms with E-state index in [9.17, 15) is 9.18 Å². The van der Waals surface area contributed by atoms with Crippen LogP contribution in [0.15, 0.2) is 42.6 Å². The maximum atomic E-state index is 13.1. The van der Waals surface area contributed by atoms with E-state index in [0.29, 0.717) is 17.9 Å². The maximum absolute atomic E-state index is 13.1. The quantitative estimate of drug-likeness (QED) is 0.926. The fraction of sp³-hybridized carbons (Fsp3) is 0.294. The zero-order chi connectivity index (χ0) is 15.5. The SMILES string of the molecule is Nc1ccc(C(=O)N2CCCCC2c2ccc(F)cc2)cn1. The van der Waals surface area contributed by atoms with Crippen LogP contribution in [0.1, 0.15) is 41.2 Å². The summed E-state index contributed by atoms with van der Waals surface area (Å²) in [6.07, 6.45) is 4.44. The highest BCUT2D eigenvalue weighted by atomic mass is 19.1. The fourth-order valence-corrected chi connectivity index (χ4v) is 2.90. The number of piperidine rings is 1. The Morgan fingerprint density at radius 1 is 1.18 bits per heavy atom. The summed E-state index contributed by atoms with van der Waals surface area (Å²) in [5.41, 5.74) is 7.07. The van der Waals surface area contributed by atoms with Crippen LogP contribution < -0.4 is 5.73 Å². The summed E-state index contributed by atoms with van der Waals surface area (Å²) in [4.78, 5) is 18.6. The summed E-state index contributed by atoms with van der Waals surface area (Å²) >= 11 is 0. The van der Waals surface area contributed by atoms with Crippen molar-refractivity contribution in [2.75, 3.05) is 12.3 Å². The van der Waals surface area contributed by atoms with E-state index >= 15 is 0 Å². The number of carbonyl (C=O) groups is 1. The molecule has 4 nitrogen and oxygen atoms in total. The highest BCUT2D eigenvalue weighted by Crippen LogP contribution is 2.32. The van der Waals surface area contributed by atoms with Crippen molar-refractivity contribution in [1.82, 2.24) is 9.88 Å². The first-order valence-corrected chi connectivity index (χ1v) is 7.43. The topological polar surface area (TPSA) is 59.2 Å². The van der Waals surface area contributed by atoms with Gasteiger partial charge in [-0.1, -0.05) is 12.1 Å². The van der Waals surface area contributed by atoms with Crippen molar-refractivity contribution in [2.45, 2.75) is 25.3 Å². The van der Waals surface area contributed by atoms with Crippen LogP contribution in [0.2, 0.25) is 0 Å². The largest absolute Gasteiger partial charge is 0.384 e. The molecule has 1 amide bonds. The Morgan fingerprint density at radius 2 is 1.95 bits per heavy atom. The third kappa shape index (κ3) is 2.93. The fourth-order valence-electron chi connectivity index (χ4n) is 2.90. The van der Waals surface area contributed by atoms with E-state index in [2.05, 4.69) is 4.98 Å². The second kappa shape index (κ2) is 6.13. The summed E-state index contributed by atoms with van der Waals surface area (Å²) in [7, 11) is 0. The molecule has 1 atom stereocenters. The van der Waals surface area contributed by atoms with Crippen LogP contribution in [-0.2, 0) is 0 Å². The lowest BCUT2D eigenvalue weighted by Crippen LogP contribution is -2.38. The predicted octanol–water partition coefficient (Wildman–Crippen LogP) is 3.17. The van der Waals surface area contributed by atoms with Crippen molar-refractivity contribution < 1.29 is 9.18 Å². The maximum Gasteiger partial charge on any atom is 0.255 e. The number of amides is 1. The van der Waals surface area contributed by atoms with Gasteiger partial charge in [0, 0.05) is 12.7 Å². The van der Waals surface area contributed by atoms with Crippen LogP contribution in [0, 0.1) is 5.82 Å². The van der Waals surface area contributed by atoms with Gasteiger partial charge in [0.1, 0.15) is 11.6 Å². The molecule has 1 unspecified atom stereocenters. The standard InChI is InChI=1S/C17H18FN3O/c18-14-7-4-12(5-8-14)15-3-1-2-10-21(15)17(22)13-6-9-16(19)20-11-13/h4-9,11,15H,1-3,10H2,(H2,19,20). The number of hydrogen-bond donors (Lipinski definition) is 1. The van der Waals surface area contributed by atoms with Crippen molar-refractivity contribution in [2.24, 2.45) is 0 Å². The molecule has 3 rings (SSSR count). The molecule has 1 aliphatic rings. The van der Waals surface area contributed by atoms with Gasteiger partial charge < -0.3 is 10.6 Å². The number of hydrogen-bond acceptors (Lipinski definition) is 3. The monoisotopic (exact) mass is 299 g/mol. The van der Waals surface area contributed by atoms with Gasteiger partial charge >= 0.3 is 0 Å². The molecule has 2 N–H and O–H groups in total. The van der Waals surface area contributed by atoms with E-state index in [1.54, 1.807) is 24.3 Å². The van der Waals surface area contributed by atoms with Gasteiger partial charge in [-0.15, -0.1) is 0 Å². The molecule has 1 aliphatic heterocycles. The Labute approximate surface area is 128 Å². The molecule has 114 valence electrons. The summed E-state index contributed by atoms with van der Waals surface area (Å²) in [5, 5.41) is 0. The minimum Gasteiger partial charge on any atom is -0.384 e. The van der Waals surface area contributed by atoms with Crippen LogP contribution in [0.25, 0.3) is 0 Å². The van der Waals surface area contributed by atoms with Gasteiger partial charge in [0.25, 0.3) is 5.91 Å². The number of carbonyl (C=O) groups excluding carboxylic acids is 1. The molecule has 2 heterocycles. The van der Waals surface area contributed by atoms with E-state index in [4.69, 9.17) is 5.73 Å². The summed E-state index contributed by atoms with van der Waals surface area (Å²) in [5.74, 6) is 0.0759. The Morgan fingerprint density at radius 3 is 2.64 bits per heavy atom. The number of aromatic nitrogens is 1. The molecule has 0 aliphatic carbocycles. The van der Waals surface area contributed by atoms with Gasteiger partial charge in [0.15, 0.2) is 0 Å². The van der Waals surface area contributed by atoms with Gasteiger partial charge in [-0.3, -0.25) is 4.79 Å². The number of nitrogens with two attached hydrogens (primary N) is 1. The van der Waals surface area contributed by atoms with Crippen LogP contribution >= 0.6 is 0 Å². The lowest BCUT2D eigenvalue weighted by atomic mass is 9.94. The lowest BCUT2D eigenvalue weighted by Gasteiger charge is -2.36. The van der Waals surface area contributed by atoms with Crippen LogP contribution in [0.3, 0.4) is 0 Å². The highest BCUT2D eigenvalue weighted by Gasteiger charge is 2.28. The molecule has 0 radical (unpaired) electrons. The number of benzene rings is 1. The first-order valence-electron chi connectivity index (χ1n) is 7.43. The number of anilines is 1. The van der Waals surface area contributed by atoms with Crippen LogP contribution in [-0.4, -0.2) is 22.3 Å². The van der Waals surface area contributed by atoms with Crippen LogP contribution in [0.5, 0.6) is 0 Å². The molecule has 0 spiro atoms. The molecule has 0 saturated carbocycles. The first kappa shape index (κ1) is 14.5. The number of rotatable bonds is 2. The van der Waals surface area contributed by atoms with E-state index < -0.39 is 0 Å². The second-order valence-corrected chi connectivity index (χ2v) is 5.53. The summed E-state index contributed by atoms with van der Waals surface area (Å²) in [6, 6.07) is 9.71. The Balaban J connectivity index is 1.87. The zero-order valence-electron chi connectivity index (χ0n) is 12.2. The second-order valence-electron chi connectivity index (χ2n) is 5.53. The van der Waals surface area contributed by atoms with E-state index in [1.807, 2.05) is 4.90 Å². The lowest BCUT2D eigenvalue weighted by molar-refractivity contribution is 0.0611. The number of pyridine rings is 1.